The van der Waals surface area contributed by atoms with E-state index in [-0.39, 0.29) is 5.97 Å². The second-order valence-electron chi connectivity index (χ2n) is 5.00. The minimum absolute atomic E-state index is 0.310. The molecule has 0 radical (unpaired) electrons. The molecule has 0 saturated carbocycles. The molecule has 110 valence electrons. The maximum atomic E-state index is 11.7. The number of ether oxygens (including phenoxy) is 1. The van der Waals surface area contributed by atoms with Crippen LogP contribution in [0.4, 0.5) is 11.4 Å². The lowest BCUT2D eigenvalue weighted by atomic mass is 10.1. The summed E-state index contributed by atoms with van der Waals surface area (Å²) in [4.78, 5) is 14.1. The van der Waals surface area contributed by atoms with Crippen molar-refractivity contribution in [1.29, 1.82) is 0 Å². The molecule has 2 rings (SSSR count). The number of nitrogen functional groups attached to an aromatic ring is 1. The van der Waals surface area contributed by atoms with Gasteiger partial charge in [0.15, 0.2) is 0 Å². The van der Waals surface area contributed by atoms with Crippen LogP contribution in [-0.4, -0.2) is 43.7 Å². The zero-order valence-corrected chi connectivity index (χ0v) is 12.0. The van der Waals surface area contributed by atoms with Crippen molar-refractivity contribution in [3.63, 3.8) is 0 Å². The molecule has 1 heterocycles. The fourth-order valence-corrected chi connectivity index (χ4v) is 2.41. The third-order valence-electron chi connectivity index (χ3n) is 3.51. The van der Waals surface area contributed by atoms with Crippen LogP contribution >= 0.6 is 0 Å². The van der Waals surface area contributed by atoms with E-state index in [0.29, 0.717) is 17.9 Å². The van der Waals surface area contributed by atoms with Crippen LogP contribution in [0.2, 0.25) is 0 Å². The van der Waals surface area contributed by atoms with Crippen molar-refractivity contribution in [2.45, 2.75) is 19.8 Å². The normalized spacial score (nSPS) is 15.2. The average Bonchev–Trinajstić information content (AvgIpc) is 2.94. The minimum atomic E-state index is -0.310. The fraction of sp³-hybridized carbons (Fsp3) is 0.533. The number of likely N-dealkylation sites (tertiary alicyclic amines) is 1. The standard InChI is InChI=1S/C15H23N3O2/c1-2-20-15(19)12-5-6-13(16)14(11-12)17-7-10-18-8-3-4-9-18/h5-6,11,17H,2-4,7-10,16H2,1H3. The predicted octanol–water partition coefficient (Wildman–Crippen LogP) is 1.95. The summed E-state index contributed by atoms with van der Waals surface area (Å²) in [6.07, 6.45) is 2.58. The smallest absolute Gasteiger partial charge is 0.338 e. The molecular formula is C15H23N3O2. The van der Waals surface area contributed by atoms with E-state index in [1.54, 1.807) is 25.1 Å². The third-order valence-corrected chi connectivity index (χ3v) is 3.51. The van der Waals surface area contributed by atoms with Crippen molar-refractivity contribution in [2.75, 3.05) is 43.8 Å². The van der Waals surface area contributed by atoms with Crippen molar-refractivity contribution in [3.8, 4) is 0 Å². The van der Waals surface area contributed by atoms with E-state index in [1.807, 2.05) is 0 Å². The number of carbonyl (C=O) groups is 1. The molecule has 0 atom stereocenters. The summed E-state index contributed by atoms with van der Waals surface area (Å²) in [6.45, 7) is 6.37. The van der Waals surface area contributed by atoms with Gasteiger partial charge in [-0.1, -0.05) is 0 Å². The lowest BCUT2D eigenvalue weighted by molar-refractivity contribution is 0.0526. The molecule has 0 amide bonds. The molecule has 5 nitrogen and oxygen atoms in total. The zero-order valence-electron chi connectivity index (χ0n) is 12.0. The van der Waals surface area contributed by atoms with Gasteiger partial charge in [0.25, 0.3) is 0 Å². The maximum Gasteiger partial charge on any atom is 0.338 e. The van der Waals surface area contributed by atoms with Gasteiger partial charge in [0, 0.05) is 13.1 Å². The Labute approximate surface area is 120 Å². The van der Waals surface area contributed by atoms with Crippen molar-refractivity contribution in [1.82, 2.24) is 4.90 Å². The van der Waals surface area contributed by atoms with Gasteiger partial charge in [0.2, 0.25) is 0 Å². The molecule has 5 heteroatoms. The molecule has 1 aliphatic rings. The number of hydrogen-bond acceptors (Lipinski definition) is 5. The molecule has 1 aromatic rings. The molecule has 1 saturated heterocycles. The summed E-state index contributed by atoms with van der Waals surface area (Å²) in [5.41, 5.74) is 7.91. The van der Waals surface area contributed by atoms with Crippen molar-refractivity contribution >= 4 is 17.3 Å². The Balaban J connectivity index is 1.92. The molecule has 1 fully saturated rings. The third kappa shape index (κ3) is 3.87. The van der Waals surface area contributed by atoms with E-state index >= 15 is 0 Å². The van der Waals surface area contributed by atoms with Crippen LogP contribution < -0.4 is 11.1 Å². The van der Waals surface area contributed by atoms with E-state index < -0.39 is 0 Å². The Morgan fingerprint density at radius 2 is 2.15 bits per heavy atom. The van der Waals surface area contributed by atoms with Crippen LogP contribution in [0.1, 0.15) is 30.1 Å². The topological polar surface area (TPSA) is 67.6 Å². The number of nitrogens with zero attached hydrogens (tertiary/aromatic N) is 1. The molecule has 0 unspecified atom stereocenters. The molecule has 0 bridgehead atoms. The Morgan fingerprint density at radius 1 is 1.40 bits per heavy atom. The van der Waals surface area contributed by atoms with Gasteiger partial charge in [-0.3, -0.25) is 0 Å². The predicted molar refractivity (Wildman–Crippen MR) is 81.0 cm³/mol. The molecule has 0 aromatic heterocycles. The van der Waals surface area contributed by atoms with Crippen LogP contribution in [0, 0.1) is 0 Å². The largest absolute Gasteiger partial charge is 0.462 e. The van der Waals surface area contributed by atoms with Crippen LogP contribution in [0.15, 0.2) is 18.2 Å². The quantitative estimate of drug-likeness (QED) is 0.614. The van der Waals surface area contributed by atoms with E-state index in [0.717, 1.165) is 18.8 Å². The first kappa shape index (κ1) is 14.7. The highest BCUT2D eigenvalue weighted by Crippen LogP contribution is 2.20. The Kier molecular flexibility index (Phi) is 5.24. The summed E-state index contributed by atoms with van der Waals surface area (Å²) < 4.78 is 4.99. The summed E-state index contributed by atoms with van der Waals surface area (Å²) in [5.74, 6) is -0.310. The van der Waals surface area contributed by atoms with Gasteiger partial charge >= 0.3 is 5.97 Å². The van der Waals surface area contributed by atoms with Gasteiger partial charge < -0.3 is 20.7 Å². The maximum absolute atomic E-state index is 11.7. The highest BCUT2D eigenvalue weighted by Gasteiger charge is 2.12. The molecule has 0 aliphatic carbocycles. The highest BCUT2D eigenvalue weighted by molar-refractivity contribution is 5.92. The first-order valence-corrected chi connectivity index (χ1v) is 7.23. The molecule has 1 aromatic carbocycles. The van der Waals surface area contributed by atoms with Gasteiger partial charge in [-0.15, -0.1) is 0 Å². The van der Waals surface area contributed by atoms with Crippen molar-refractivity contribution in [2.24, 2.45) is 0 Å². The van der Waals surface area contributed by atoms with Crippen molar-refractivity contribution < 1.29 is 9.53 Å². The second-order valence-corrected chi connectivity index (χ2v) is 5.00. The molecule has 3 N–H and O–H groups in total. The van der Waals surface area contributed by atoms with Crippen LogP contribution in [-0.2, 0) is 4.74 Å². The highest BCUT2D eigenvalue weighted by atomic mass is 16.5. The van der Waals surface area contributed by atoms with Gasteiger partial charge in [-0.25, -0.2) is 4.79 Å². The van der Waals surface area contributed by atoms with Gasteiger partial charge in [0.1, 0.15) is 0 Å². The Hall–Kier alpha value is -1.75. The number of carbonyl (C=O) groups excluding carboxylic acids is 1. The van der Waals surface area contributed by atoms with Crippen LogP contribution in [0.25, 0.3) is 0 Å². The minimum Gasteiger partial charge on any atom is -0.462 e. The molecule has 20 heavy (non-hydrogen) atoms. The SMILES string of the molecule is CCOC(=O)c1ccc(N)c(NCCN2CCCC2)c1. The molecule has 0 spiro atoms. The second kappa shape index (κ2) is 7.14. The lowest BCUT2D eigenvalue weighted by Crippen LogP contribution is -2.26. The number of nitrogens with two attached hydrogens (primary N) is 1. The first-order chi connectivity index (χ1) is 9.70. The summed E-state index contributed by atoms with van der Waals surface area (Å²) in [6, 6.07) is 5.20. The monoisotopic (exact) mass is 277 g/mol. The first-order valence-electron chi connectivity index (χ1n) is 7.23. The Morgan fingerprint density at radius 3 is 2.85 bits per heavy atom. The number of benzene rings is 1. The summed E-state index contributed by atoms with van der Waals surface area (Å²) in [5, 5.41) is 3.30. The van der Waals surface area contributed by atoms with E-state index in [2.05, 4.69) is 10.2 Å². The van der Waals surface area contributed by atoms with Crippen molar-refractivity contribution in [3.05, 3.63) is 23.8 Å². The number of anilines is 2. The summed E-state index contributed by atoms with van der Waals surface area (Å²) in [7, 11) is 0. The van der Waals surface area contributed by atoms with Gasteiger partial charge in [-0.05, 0) is 51.1 Å². The van der Waals surface area contributed by atoms with Gasteiger partial charge in [-0.2, -0.15) is 0 Å². The average molecular weight is 277 g/mol. The van der Waals surface area contributed by atoms with Crippen LogP contribution in [0.3, 0.4) is 0 Å². The van der Waals surface area contributed by atoms with E-state index in [4.69, 9.17) is 10.5 Å². The van der Waals surface area contributed by atoms with Gasteiger partial charge in [0.05, 0.1) is 23.5 Å². The van der Waals surface area contributed by atoms with E-state index in [9.17, 15) is 4.79 Å². The fourth-order valence-electron chi connectivity index (χ4n) is 2.41. The number of rotatable bonds is 6. The Bertz CT molecular complexity index is 456. The number of esters is 1. The van der Waals surface area contributed by atoms with Crippen LogP contribution in [0.5, 0.6) is 0 Å². The van der Waals surface area contributed by atoms with E-state index in [1.165, 1.54) is 25.9 Å². The number of nitrogens with one attached hydrogen (secondary N) is 1. The number of hydrogen-bond donors (Lipinski definition) is 2. The molecular weight excluding hydrogens is 254 g/mol. The molecule has 1 aliphatic heterocycles. The lowest BCUT2D eigenvalue weighted by Gasteiger charge is -2.16. The summed E-state index contributed by atoms with van der Waals surface area (Å²) >= 11 is 0. The zero-order chi connectivity index (χ0) is 14.4.